The van der Waals surface area contributed by atoms with E-state index in [1.165, 1.54) is 18.2 Å². The molecule has 3 aromatic rings. The second-order valence-electron chi connectivity index (χ2n) is 5.16. The Morgan fingerprint density at radius 1 is 0.808 bits per heavy atom. The van der Waals surface area contributed by atoms with Gasteiger partial charge in [-0.05, 0) is 22.9 Å². The van der Waals surface area contributed by atoms with E-state index in [2.05, 4.69) is 8.92 Å². The molecule has 0 fully saturated rings. The van der Waals surface area contributed by atoms with Gasteiger partial charge in [0.1, 0.15) is 5.75 Å². The van der Waals surface area contributed by atoms with Gasteiger partial charge in [-0.2, -0.15) is 17.2 Å². The van der Waals surface area contributed by atoms with Crippen LogP contribution in [0.3, 0.4) is 0 Å². The molecule has 0 aromatic heterocycles. The summed E-state index contributed by atoms with van der Waals surface area (Å²) in [5, 5.41) is 1.35. The number of methoxy groups -OCH3 is 1. The Hall–Kier alpha value is -2.81. The van der Waals surface area contributed by atoms with Gasteiger partial charge in [0.25, 0.3) is 0 Å². The van der Waals surface area contributed by atoms with Crippen LogP contribution in [0.15, 0.2) is 47.4 Å². The first-order valence-corrected chi connectivity index (χ1v) is 8.50. The van der Waals surface area contributed by atoms with E-state index in [1.807, 2.05) is 0 Å². The predicted octanol–water partition coefficient (Wildman–Crippen LogP) is 4.17. The molecule has 0 aliphatic rings. The van der Waals surface area contributed by atoms with Crippen molar-refractivity contribution in [1.82, 2.24) is 0 Å². The van der Waals surface area contributed by atoms with Crippen molar-refractivity contribution in [2.24, 2.45) is 0 Å². The third kappa shape index (κ3) is 2.94. The Balaban J connectivity index is 2.10. The number of benzene rings is 3. The van der Waals surface area contributed by atoms with Crippen LogP contribution in [-0.2, 0) is 10.1 Å². The van der Waals surface area contributed by atoms with Crippen molar-refractivity contribution >= 4 is 20.9 Å². The second-order valence-corrected chi connectivity index (χ2v) is 6.65. The monoisotopic (exact) mass is 386 g/mol. The molecule has 0 atom stereocenters. The molecule has 0 saturated heterocycles. The lowest BCUT2D eigenvalue weighted by Gasteiger charge is -2.12. The molecule has 0 radical (unpaired) electrons. The summed E-state index contributed by atoms with van der Waals surface area (Å²) in [4.78, 5) is -1.87. The van der Waals surface area contributed by atoms with E-state index in [0.717, 1.165) is 12.5 Å². The van der Waals surface area contributed by atoms with E-state index in [4.69, 9.17) is 0 Å². The molecule has 0 saturated carbocycles. The Kier molecular flexibility index (Phi) is 4.49. The minimum Gasteiger partial charge on any atom is -0.491 e. The summed E-state index contributed by atoms with van der Waals surface area (Å²) < 4.78 is 88.8. The quantitative estimate of drug-likeness (QED) is 0.384. The molecule has 136 valence electrons. The normalized spacial score (nSPS) is 11.6. The maximum absolute atomic E-state index is 14.0. The molecule has 0 aliphatic carbocycles. The summed E-state index contributed by atoms with van der Waals surface area (Å²) in [6.07, 6.45) is 0. The maximum atomic E-state index is 14.0. The van der Waals surface area contributed by atoms with Gasteiger partial charge in [-0.3, -0.25) is 0 Å². The van der Waals surface area contributed by atoms with Crippen molar-refractivity contribution in [2.45, 2.75) is 4.90 Å². The Morgan fingerprint density at radius 3 is 1.96 bits per heavy atom. The van der Waals surface area contributed by atoms with E-state index in [1.54, 1.807) is 24.3 Å². The summed E-state index contributed by atoms with van der Waals surface area (Å²) in [5.41, 5.74) is 0. The number of ether oxygens (including phenoxy) is 1. The van der Waals surface area contributed by atoms with E-state index in [-0.39, 0.29) is 5.75 Å². The van der Waals surface area contributed by atoms with Crippen LogP contribution in [0, 0.1) is 23.3 Å². The average Bonchev–Trinajstić information content (AvgIpc) is 2.60. The van der Waals surface area contributed by atoms with E-state index in [9.17, 15) is 26.0 Å². The second kappa shape index (κ2) is 6.49. The molecule has 3 aromatic carbocycles. The summed E-state index contributed by atoms with van der Waals surface area (Å²) in [7, 11) is -4.42. The van der Waals surface area contributed by atoms with Crippen LogP contribution in [0.25, 0.3) is 10.8 Å². The molecule has 0 N–H and O–H groups in total. The maximum Gasteiger partial charge on any atom is 0.345 e. The molecular formula is C17H10F4O4S. The fourth-order valence-electron chi connectivity index (χ4n) is 2.38. The van der Waals surface area contributed by atoms with Crippen molar-refractivity contribution in [3.8, 4) is 11.5 Å². The molecule has 9 heteroatoms. The molecule has 0 bridgehead atoms. The van der Waals surface area contributed by atoms with Gasteiger partial charge in [-0.15, -0.1) is 0 Å². The Morgan fingerprint density at radius 2 is 1.38 bits per heavy atom. The molecule has 3 rings (SSSR count). The van der Waals surface area contributed by atoms with Gasteiger partial charge in [0.2, 0.25) is 11.6 Å². The number of hydrogen-bond donors (Lipinski definition) is 0. The third-order valence-electron chi connectivity index (χ3n) is 3.56. The highest BCUT2D eigenvalue weighted by Crippen LogP contribution is 2.34. The zero-order valence-electron chi connectivity index (χ0n) is 13.1. The van der Waals surface area contributed by atoms with Crippen molar-refractivity contribution < 1.29 is 34.9 Å². The first-order chi connectivity index (χ1) is 12.3. The SMILES string of the molecule is COc1c(F)c(F)c(S(=O)(=O)Oc2ccc3ccccc3c2)c(F)c1F. The summed E-state index contributed by atoms with van der Waals surface area (Å²) in [6, 6.07) is 10.9. The van der Waals surface area contributed by atoms with E-state index < -0.39 is 44.0 Å². The molecule has 0 amide bonds. The predicted molar refractivity (Wildman–Crippen MR) is 84.6 cm³/mol. The molecule has 0 heterocycles. The minimum atomic E-state index is -5.20. The van der Waals surface area contributed by atoms with Crippen LogP contribution in [0.2, 0.25) is 0 Å². The minimum absolute atomic E-state index is 0.279. The molecular weight excluding hydrogens is 376 g/mol. The fourth-order valence-corrected chi connectivity index (χ4v) is 3.44. The van der Waals surface area contributed by atoms with Gasteiger partial charge in [0, 0.05) is 0 Å². The van der Waals surface area contributed by atoms with Gasteiger partial charge in [0.15, 0.2) is 22.3 Å². The summed E-state index contributed by atoms with van der Waals surface area (Å²) in [6.45, 7) is 0. The fraction of sp³-hybridized carbons (Fsp3) is 0.0588. The van der Waals surface area contributed by atoms with Crippen LogP contribution >= 0.6 is 0 Å². The van der Waals surface area contributed by atoms with Crippen LogP contribution in [-0.4, -0.2) is 15.5 Å². The van der Waals surface area contributed by atoms with Crippen molar-refractivity contribution in [2.75, 3.05) is 7.11 Å². The number of halogens is 4. The van der Waals surface area contributed by atoms with Crippen molar-refractivity contribution in [3.63, 3.8) is 0 Å². The van der Waals surface area contributed by atoms with E-state index in [0.29, 0.717) is 5.39 Å². The molecule has 0 spiro atoms. The van der Waals surface area contributed by atoms with Crippen molar-refractivity contribution in [1.29, 1.82) is 0 Å². The average molecular weight is 386 g/mol. The van der Waals surface area contributed by atoms with Gasteiger partial charge in [0.05, 0.1) is 7.11 Å². The topological polar surface area (TPSA) is 52.6 Å². The first-order valence-electron chi connectivity index (χ1n) is 7.09. The highest BCUT2D eigenvalue weighted by atomic mass is 32.2. The molecule has 4 nitrogen and oxygen atoms in total. The lowest BCUT2D eigenvalue weighted by atomic mass is 10.1. The Labute approximate surface area is 145 Å². The third-order valence-corrected chi connectivity index (χ3v) is 4.83. The molecule has 0 unspecified atom stereocenters. The number of hydrogen-bond acceptors (Lipinski definition) is 4. The smallest absolute Gasteiger partial charge is 0.345 e. The van der Waals surface area contributed by atoms with Gasteiger partial charge in [-0.1, -0.05) is 30.3 Å². The summed E-state index contributed by atoms with van der Waals surface area (Å²) in [5.74, 6) is -9.88. The lowest BCUT2D eigenvalue weighted by Crippen LogP contribution is -2.17. The van der Waals surface area contributed by atoms with Crippen LogP contribution in [0.1, 0.15) is 0 Å². The first kappa shape index (κ1) is 18.0. The van der Waals surface area contributed by atoms with Crippen LogP contribution in [0.4, 0.5) is 17.6 Å². The Bertz CT molecular complexity index is 1080. The van der Waals surface area contributed by atoms with Gasteiger partial charge in [-0.25, -0.2) is 8.78 Å². The number of rotatable bonds is 4. The zero-order valence-corrected chi connectivity index (χ0v) is 13.9. The number of fused-ring (bicyclic) bond motifs is 1. The zero-order chi connectivity index (χ0) is 19.1. The van der Waals surface area contributed by atoms with Gasteiger partial charge < -0.3 is 8.92 Å². The van der Waals surface area contributed by atoms with Gasteiger partial charge >= 0.3 is 10.1 Å². The van der Waals surface area contributed by atoms with Crippen LogP contribution in [0.5, 0.6) is 11.5 Å². The highest BCUT2D eigenvalue weighted by molar-refractivity contribution is 7.87. The molecule has 26 heavy (non-hydrogen) atoms. The largest absolute Gasteiger partial charge is 0.491 e. The molecule has 0 aliphatic heterocycles. The van der Waals surface area contributed by atoms with E-state index >= 15 is 0 Å². The lowest BCUT2D eigenvalue weighted by molar-refractivity contribution is 0.320. The summed E-state index contributed by atoms with van der Waals surface area (Å²) >= 11 is 0. The standard InChI is InChI=1S/C17H10F4O4S/c1-24-16-12(18)14(20)17(15(21)13(16)19)26(22,23)25-11-7-6-9-4-2-3-5-10(9)8-11/h2-8H,1H3. The highest BCUT2D eigenvalue weighted by Gasteiger charge is 2.35. The van der Waals surface area contributed by atoms with Crippen LogP contribution < -0.4 is 8.92 Å². The van der Waals surface area contributed by atoms with Crippen molar-refractivity contribution in [3.05, 3.63) is 65.7 Å².